The van der Waals surface area contributed by atoms with Crippen molar-refractivity contribution in [2.45, 2.75) is 13.0 Å². The zero-order chi connectivity index (χ0) is 10.4. The highest BCUT2D eigenvalue weighted by Crippen LogP contribution is 2.14. The molecule has 0 spiro atoms. The average molecular weight is 214 g/mol. The molecule has 0 fully saturated rings. The zero-order valence-electron chi connectivity index (χ0n) is 8.41. The topological polar surface area (TPSA) is 42.1 Å². The van der Waals surface area contributed by atoms with Gasteiger partial charge in [0.05, 0.1) is 5.02 Å². The highest BCUT2D eigenvalue weighted by molar-refractivity contribution is 6.31. The summed E-state index contributed by atoms with van der Waals surface area (Å²) in [4.78, 5) is 6.15. The highest BCUT2D eigenvalue weighted by Gasteiger charge is 2.03. The number of nitrogens with two attached hydrogens (primary N) is 1. The zero-order valence-corrected chi connectivity index (χ0v) is 9.17. The molecule has 14 heavy (non-hydrogen) atoms. The Labute approximate surface area is 89.9 Å². The van der Waals surface area contributed by atoms with E-state index in [-0.39, 0.29) is 0 Å². The molecule has 0 saturated carbocycles. The number of hydrogen-bond acceptors (Lipinski definition) is 3. The van der Waals surface area contributed by atoms with Crippen molar-refractivity contribution in [2.24, 2.45) is 5.73 Å². The minimum absolute atomic E-state index is 0.729. The van der Waals surface area contributed by atoms with E-state index in [2.05, 4.69) is 16.9 Å². The first-order valence-electron chi connectivity index (χ1n) is 4.71. The van der Waals surface area contributed by atoms with E-state index in [0.717, 1.165) is 36.6 Å². The van der Waals surface area contributed by atoms with Crippen molar-refractivity contribution in [1.82, 2.24) is 9.88 Å². The molecular weight excluding hydrogens is 198 g/mol. The van der Waals surface area contributed by atoms with Gasteiger partial charge in [0.1, 0.15) is 0 Å². The first-order valence-corrected chi connectivity index (χ1v) is 5.09. The molecule has 4 heteroatoms. The molecule has 0 aliphatic heterocycles. The molecule has 0 atom stereocenters. The van der Waals surface area contributed by atoms with Crippen LogP contribution in [0, 0.1) is 0 Å². The molecule has 2 N–H and O–H groups in total. The Balaban J connectivity index is 2.47. The lowest BCUT2D eigenvalue weighted by Crippen LogP contribution is -2.21. The molecule has 1 heterocycles. The molecule has 0 aliphatic carbocycles. The molecular formula is C10H16ClN3. The molecule has 0 saturated heterocycles. The predicted octanol–water partition coefficient (Wildman–Crippen LogP) is 1.52. The van der Waals surface area contributed by atoms with Crippen LogP contribution in [0.25, 0.3) is 0 Å². The highest BCUT2D eigenvalue weighted by atomic mass is 35.5. The maximum Gasteiger partial charge on any atom is 0.0634 e. The van der Waals surface area contributed by atoms with E-state index in [1.54, 1.807) is 12.4 Å². The quantitative estimate of drug-likeness (QED) is 0.807. The normalized spacial score (nSPS) is 10.9. The molecule has 0 amide bonds. The second-order valence-electron chi connectivity index (χ2n) is 3.35. The Kier molecular flexibility index (Phi) is 4.87. The van der Waals surface area contributed by atoms with E-state index in [9.17, 15) is 0 Å². The molecule has 0 aromatic carbocycles. The van der Waals surface area contributed by atoms with Gasteiger partial charge in [-0.3, -0.25) is 4.98 Å². The van der Waals surface area contributed by atoms with Gasteiger partial charge in [-0.05, 0) is 38.2 Å². The van der Waals surface area contributed by atoms with Crippen LogP contribution in [0.1, 0.15) is 12.0 Å². The molecule has 0 radical (unpaired) electrons. The Hall–Kier alpha value is -0.640. The minimum atomic E-state index is 0.729. The summed E-state index contributed by atoms with van der Waals surface area (Å²) < 4.78 is 0. The largest absolute Gasteiger partial charge is 0.330 e. The van der Waals surface area contributed by atoms with Crippen LogP contribution in [-0.2, 0) is 6.54 Å². The first-order chi connectivity index (χ1) is 6.74. The third-order valence-corrected chi connectivity index (χ3v) is 2.38. The molecule has 3 nitrogen and oxygen atoms in total. The first kappa shape index (κ1) is 11.4. The maximum atomic E-state index is 5.99. The average Bonchev–Trinajstić information content (AvgIpc) is 2.18. The lowest BCUT2D eigenvalue weighted by atomic mass is 10.2. The summed E-state index contributed by atoms with van der Waals surface area (Å²) in [5.41, 5.74) is 6.55. The van der Waals surface area contributed by atoms with Gasteiger partial charge in [0, 0.05) is 18.9 Å². The molecule has 1 rings (SSSR count). The SMILES string of the molecule is CN(CCCN)Cc1ccncc1Cl. The smallest absolute Gasteiger partial charge is 0.0634 e. The van der Waals surface area contributed by atoms with Crippen molar-refractivity contribution >= 4 is 11.6 Å². The number of hydrogen-bond donors (Lipinski definition) is 1. The third kappa shape index (κ3) is 3.62. The van der Waals surface area contributed by atoms with Gasteiger partial charge in [0.2, 0.25) is 0 Å². The van der Waals surface area contributed by atoms with Crippen molar-refractivity contribution in [3.63, 3.8) is 0 Å². The van der Waals surface area contributed by atoms with Crippen molar-refractivity contribution in [3.05, 3.63) is 29.0 Å². The Bertz CT molecular complexity index is 278. The molecule has 1 aromatic rings. The van der Waals surface area contributed by atoms with Crippen molar-refractivity contribution in [1.29, 1.82) is 0 Å². The van der Waals surface area contributed by atoms with Crippen LogP contribution in [0.15, 0.2) is 18.5 Å². The summed E-state index contributed by atoms with van der Waals surface area (Å²) in [5, 5.41) is 0.729. The third-order valence-electron chi connectivity index (χ3n) is 2.04. The second kappa shape index (κ2) is 5.96. The van der Waals surface area contributed by atoms with Crippen LogP contribution in [0.2, 0.25) is 5.02 Å². The van der Waals surface area contributed by atoms with E-state index in [4.69, 9.17) is 17.3 Å². The second-order valence-corrected chi connectivity index (χ2v) is 3.75. The van der Waals surface area contributed by atoms with Gasteiger partial charge in [0.15, 0.2) is 0 Å². The van der Waals surface area contributed by atoms with E-state index in [1.807, 2.05) is 6.07 Å². The van der Waals surface area contributed by atoms with Crippen molar-refractivity contribution in [3.8, 4) is 0 Å². The molecule has 0 aliphatic rings. The van der Waals surface area contributed by atoms with Crippen LogP contribution in [0.4, 0.5) is 0 Å². The van der Waals surface area contributed by atoms with Gasteiger partial charge in [0.25, 0.3) is 0 Å². The van der Waals surface area contributed by atoms with Crippen LogP contribution in [0.5, 0.6) is 0 Å². The van der Waals surface area contributed by atoms with Crippen LogP contribution in [0.3, 0.4) is 0 Å². The number of nitrogens with zero attached hydrogens (tertiary/aromatic N) is 2. The summed E-state index contributed by atoms with van der Waals surface area (Å²) in [7, 11) is 2.06. The molecule has 1 aromatic heterocycles. The molecule has 0 bridgehead atoms. The van der Waals surface area contributed by atoms with Crippen LogP contribution >= 0.6 is 11.6 Å². The van der Waals surface area contributed by atoms with E-state index >= 15 is 0 Å². The number of aromatic nitrogens is 1. The Morgan fingerprint density at radius 3 is 3.00 bits per heavy atom. The summed E-state index contributed by atoms with van der Waals surface area (Å²) >= 11 is 5.99. The summed E-state index contributed by atoms with van der Waals surface area (Å²) in [6.45, 7) is 2.57. The molecule has 0 unspecified atom stereocenters. The number of halogens is 1. The standard InChI is InChI=1S/C10H16ClN3/c1-14(6-2-4-12)8-9-3-5-13-7-10(9)11/h3,5,7H,2,4,6,8,12H2,1H3. The van der Waals surface area contributed by atoms with E-state index < -0.39 is 0 Å². The lowest BCUT2D eigenvalue weighted by Gasteiger charge is -2.16. The number of rotatable bonds is 5. The van der Waals surface area contributed by atoms with Gasteiger partial charge in [-0.1, -0.05) is 11.6 Å². The van der Waals surface area contributed by atoms with Gasteiger partial charge in [-0.15, -0.1) is 0 Å². The van der Waals surface area contributed by atoms with Crippen LogP contribution < -0.4 is 5.73 Å². The monoisotopic (exact) mass is 213 g/mol. The lowest BCUT2D eigenvalue weighted by molar-refractivity contribution is 0.324. The van der Waals surface area contributed by atoms with E-state index in [1.165, 1.54) is 0 Å². The summed E-state index contributed by atoms with van der Waals surface area (Å²) in [6.07, 6.45) is 4.45. The fraction of sp³-hybridized carbons (Fsp3) is 0.500. The summed E-state index contributed by atoms with van der Waals surface area (Å²) in [6, 6.07) is 1.95. The van der Waals surface area contributed by atoms with Crippen molar-refractivity contribution < 1.29 is 0 Å². The van der Waals surface area contributed by atoms with Gasteiger partial charge in [-0.25, -0.2) is 0 Å². The predicted molar refractivity (Wildman–Crippen MR) is 59.3 cm³/mol. The van der Waals surface area contributed by atoms with E-state index in [0.29, 0.717) is 0 Å². The molecule has 78 valence electrons. The summed E-state index contributed by atoms with van der Waals surface area (Å²) in [5.74, 6) is 0. The Morgan fingerprint density at radius 2 is 2.36 bits per heavy atom. The fourth-order valence-corrected chi connectivity index (χ4v) is 1.44. The van der Waals surface area contributed by atoms with Crippen molar-refractivity contribution in [2.75, 3.05) is 20.1 Å². The minimum Gasteiger partial charge on any atom is -0.330 e. The maximum absolute atomic E-state index is 5.99. The Morgan fingerprint density at radius 1 is 1.57 bits per heavy atom. The number of pyridine rings is 1. The van der Waals surface area contributed by atoms with Gasteiger partial charge >= 0.3 is 0 Å². The van der Waals surface area contributed by atoms with Crippen LogP contribution in [-0.4, -0.2) is 30.0 Å². The fourth-order valence-electron chi connectivity index (χ4n) is 1.26. The van der Waals surface area contributed by atoms with Gasteiger partial charge < -0.3 is 10.6 Å². The van der Waals surface area contributed by atoms with Gasteiger partial charge in [-0.2, -0.15) is 0 Å².